The van der Waals surface area contributed by atoms with Gasteiger partial charge >= 0.3 is 0 Å². The van der Waals surface area contributed by atoms with Crippen molar-refractivity contribution in [3.05, 3.63) is 94.4 Å². The van der Waals surface area contributed by atoms with Gasteiger partial charge in [-0.15, -0.1) is 11.3 Å². The number of rotatable bonds is 5. The molecule has 3 heterocycles. The number of nitrogens with zero attached hydrogens (tertiary/aromatic N) is 4. The Labute approximate surface area is 187 Å². The molecule has 3 aromatic heterocycles. The molecule has 0 spiro atoms. The molecule has 8 heteroatoms. The van der Waals surface area contributed by atoms with Gasteiger partial charge in [0.25, 0.3) is 5.91 Å². The first kappa shape index (κ1) is 20.1. The summed E-state index contributed by atoms with van der Waals surface area (Å²) in [5, 5.41) is 12.9. The first-order valence-corrected chi connectivity index (χ1v) is 10.9. The number of halogens is 1. The van der Waals surface area contributed by atoms with E-state index in [0.29, 0.717) is 22.8 Å². The summed E-state index contributed by atoms with van der Waals surface area (Å²) in [5.74, 6) is -0.0791. The predicted octanol–water partition coefficient (Wildman–Crippen LogP) is 5.34. The molecule has 2 aromatic carbocycles. The Bertz CT molecular complexity index is 1430. The molecular weight excluding hydrogens is 425 g/mol. The Balaban J connectivity index is 1.39. The number of carbonyl (C=O) groups is 1. The summed E-state index contributed by atoms with van der Waals surface area (Å²) < 4.78 is 17.5. The summed E-state index contributed by atoms with van der Waals surface area (Å²) in [4.78, 5) is 14.4. The highest BCUT2D eigenvalue weighted by atomic mass is 32.1. The van der Waals surface area contributed by atoms with Crippen LogP contribution in [0.3, 0.4) is 0 Å². The molecule has 1 N–H and O–H groups in total. The molecule has 6 nitrogen and oxygen atoms in total. The van der Waals surface area contributed by atoms with E-state index in [4.69, 9.17) is 0 Å². The molecule has 0 radical (unpaired) electrons. The van der Waals surface area contributed by atoms with Gasteiger partial charge in [-0.1, -0.05) is 36.4 Å². The van der Waals surface area contributed by atoms with E-state index in [0.717, 1.165) is 27.3 Å². The van der Waals surface area contributed by atoms with Crippen LogP contribution in [0.15, 0.2) is 66.7 Å². The molecular formula is C24H20FN5OS. The van der Waals surface area contributed by atoms with Crippen molar-refractivity contribution in [3.63, 3.8) is 0 Å². The molecule has 0 fully saturated rings. The van der Waals surface area contributed by atoms with Crippen molar-refractivity contribution in [3.8, 4) is 5.69 Å². The first-order valence-electron chi connectivity index (χ1n) is 10.1. The molecule has 0 saturated heterocycles. The number of aromatic nitrogens is 4. The number of para-hydroxylation sites is 1. The van der Waals surface area contributed by atoms with Crippen molar-refractivity contribution in [2.45, 2.75) is 20.4 Å². The summed E-state index contributed by atoms with van der Waals surface area (Å²) >= 11 is 1.39. The van der Waals surface area contributed by atoms with Crippen LogP contribution in [0.5, 0.6) is 0 Å². The molecule has 1 amide bonds. The highest BCUT2D eigenvalue weighted by Gasteiger charge is 2.18. The van der Waals surface area contributed by atoms with Gasteiger partial charge in [-0.25, -0.2) is 9.07 Å². The molecule has 5 rings (SSSR count). The normalized spacial score (nSPS) is 11.2. The average Bonchev–Trinajstić information content (AvgIpc) is 3.46. The SMILES string of the molecule is Cc1nn(-c2ccccc2)c2sc(C(=O)Nc3cc(C)n(Cc4ccccc4F)n3)cc12. The van der Waals surface area contributed by atoms with Crippen molar-refractivity contribution < 1.29 is 9.18 Å². The van der Waals surface area contributed by atoms with Crippen LogP contribution in [-0.4, -0.2) is 25.5 Å². The summed E-state index contributed by atoms with van der Waals surface area (Å²) in [6.45, 7) is 4.11. The van der Waals surface area contributed by atoms with Crippen LogP contribution in [0, 0.1) is 19.7 Å². The molecule has 5 aromatic rings. The van der Waals surface area contributed by atoms with Gasteiger partial charge in [0, 0.05) is 22.7 Å². The number of anilines is 1. The number of amides is 1. The van der Waals surface area contributed by atoms with Crippen molar-refractivity contribution in [1.29, 1.82) is 0 Å². The van der Waals surface area contributed by atoms with Gasteiger partial charge in [0.05, 0.1) is 22.8 Å². The van der Waals surface area contributed by atoms with Gasteiger partial charge < -0.3 is 5.32 Å². The third-order valence-corrected chi connectivity index (χ3v) is 6.38. The van der Waals surface area contributed by atoms with Crippen molar-refractivity contribution >= 4 is 33.3 Å². The standard InChI is InChI=1S/C24H20FN5OS/c1-15-12-22(28-29(15)14-17-8-6-7-11-20(17)25)26-23(31)21-13-19-16(2)27-30(24(19)32-21)18-9-4-3-5-10-18/h3-13H,14H2,1-2H3,(H,26,28,31). The Morgan fingerprint density at radius 2 is 1.78 bits per heavy atom. The van der Waals surface area contributed by atoms with Crippen LogP contribution in [0.1, 0.15) is 26.6 Å². The number of nitrogens with one attached hydrogen (secondary N) is 1. The highest BCUT2D eigenvalue weighted by molar-refractivity contribution is 7.20. The molecule has 0 saturated carbocycles. The molecule has 0 bridgehead atoms. The van der Waals surface area contributed by atoms with Gasteiger partial charge in [-0.3, -0.25) is 9.48 Å². The van der Waals surface area contributed by atoms with Crippen LogP contribution >= 0.6 is 11.3 Å². The van der Waals surface area contributed by atoms with Crippen molar-refractivity contribution in [1.82, 2.24) is 19.6 Å². The number of hydrogen-bond donors (Lipinski definition) is 1. The minimum atomic E-state index is -0.277. The van der Waals surface area contributed by atoms with Crippen LogP contribution in [-0.2, 0) is 6.54 Å². The number of thiophene rings is 1. The van der Waals surface area contributed by atoms with E-state index in [2.05, 4.69) is 15.5 Å². The average molecular weight is 446 g/mol. The van der Waals surface area contributed by atoms with Gasteiger partial charge in [0.15, 0.2) is 5.82 Å². The molecule has 32 heavy (non-hydrogen) atoms. The largest absolute Gasteiger partial charge is 0.304 e. The topological polar surface area (TPSA) is 64.7 Å². The fraction of sp³-hybridized carbons (Fsp3) is 0.125. The fourth-order valence-electron chi connectivity index (χ4n) is 3.60. The lowest BCUT2D eigenvalue weighted by atomic mass is 10.2. The third kappa shape index (κ3) is 3.69. The van der Waals surface area contributed by atoms with Gasteiger partial charge in [0.2, 0.25) is 0 Å². The van der Waals surface area contributed by atoms with E-state index >= 15 is 0 Å². The van der Waals surface area contributed by atoms with Crippen LogP contribution in [0.25, 0.3) is 15.9 Å². The lowest BCUT2D eigenvalue weighted by Crippen LogP contribution is -2.11. The number of aryl methyl sites for hydroxylation is 2. The first-order chi connectivity index (χ1) is 15.5. The lowest BCUT2D eigenvalue weighted by Gasteiger charge is -2.05. The molecule has 0 aliphatic carbocycles. The number of hydrogen-bond acceptors (Lipinski definition) is 4. The lowest BCUT2D eigenvalue weighted by molar-refractivity contribution is 0.103. The van der Waals surface area contributed by atoms with Gasteiger partial charge in [-0.05, 0) is 38.1 Å². The Morgan fingerprint density at radius 3 is 2.56 bits per heavy atom. The molecule has 0 atom stereocenters. The van der Waals surface area contributed by atoms with Crippen LogP contribution < -0.4 is 5.32 Å². The van der Waals surface area contributed by atoms with Gasteiger partial charge in [-0.2, -0.15) is 10.2 Å². The number of benzene rings is 2. The Morgan fingerprint density at radius 1 is 1.03 bits per heavy atom. The van der Waals surface area contributed by atoms with E-state index in [9.17, 15) is 9.18 Å². The molecule has 0 aliphatic heterocycles. The quantitative estimate of drug-likeness (QED) is 0.397. The van der Waals surface area contributed by atoms with E-state index < -0.39 is 0 Å². The summed E-state index contributed by atoms with van der Waals surface area (Å²) in [5.41, 5.74) is 3.18. The molecule has 160 valence electrons. The second-order valence-electron chi connectivity index (χ2n) is 7.54. The second-order valence-corrected chi connectivity index (χ2v) is 8.57. The van der Waals surface area contributed by atoms with Crippen LogP contribution in [0.4, 0.5) is 10.2 Å². The van der Waals surface area contributed by atoms with E-state index in [1.54, 1.807) is 28.9 Å². The van der Waals surface area contributed by atoms with Crippen molar-refractivity contribution in [2.24, 2.45) is 0 Å². The number of carbonyl (C=O) groups excluding carboxylic acids is 1. The predicted molar refractivity (Wildman–Crippen MR) is 124 cm³/mol. The van der Waals surface area contributed by atoms with E-state index in [1.807, 2.05) is 54.9 Å². The zero-order chi connectivity index (χ0) is 22.2. The highest BCUT2D eigenvalue weighted by Crippen LogP contribution is 2.30. The zero-order valence-corrected chi connectivity index (χ0v) is 18.4. The number of fused-ring (bicyclic) bond motifs is 1. The summed E-state index contributed by atoms with van der Waals surface area (Å²) in [6.07, 6.45) is 0. The molecule has 0 aliphatic rings. The smallest absolute Gasteiger partial charge is 0.267 e. The maximum atomic E-state index is 14.0. The van der Waals surface area contributed by atoms with E-state index in [1.165, 1.54) is 17.4 Å². The minimum Gasteiger partial charge on any atom is -0.304 e. The maximum absolute atomic E-state index is 14.0. The fourth-order valence-corrected chi connectivity index (χ4v) is 4.68. The van der Waals surface area contributed by atoms with Crippen LogP contribution in [0.2, 0.25) is 0 Å². The summed E-state index contributed by atoms with van der Waals surface area (Å²) in [7, 11) is 0. The van der Waals surface area contributed by atoms with E-state index in [-0.39, 0.29) is 11.7 Å². The minimum absolute atomic E-state index is 0.235. The van der Waals surface area contributed by atoms with Gasteiger partial charge in [0.1, 0.15) is 10.6 Å². The summed E-state index contributed by atoms with van der Waals surface area (Å²) in [6, 6.07) is 20.1. The zero-order valence-electron chi connectivity index (χ0n) is 17.5. The Kier molecular flexibility index (Phi) is 5.07. The maximum Gasteiger partial charge on any atom is 0.267 e. The van der Waals surface area contributed by atoms with Crippen molar-refractivity contribution in [2.75, 3.05) is 5.32 Å². The second kappa shape index (κ2) is 8.05. The third-order valence-electron chi connectivity index (χ3n) is 5.27. The monoisotopic (exact) mass is 445 g/mol. The molecule has 0 unspecified atom stereocenters. The Hall–Kier alpha value is -3.78.